The highest BCUT2D eigenvalue weighted by Crippen LogP contribution is 2.12. The number of aliphatic hydroxyl groups is 1. The van der Waals surface area contributed by atoms with Gasteiger partial charge < -0.3 is 19.5 Å². The third-order valence-electron chi connectivity index (χ3n) is 3.58. The fraction of sp³-hybridized carbons (Fsp3) is 0.600. The van der Waals surface area contributed by atoms with Gasteiger partial charge in [-0.25, -0.2) is 0 Å². The molecule has 1 unspecified atom stereocenters. The molecule has 1 aromatic rings. The summed E-state index contributed by atoms with van der Waals surface area (Å²) in [4.78, 5) is 27.8. The average molecular weight is 293 g/mol. The van der Waals surface area contributed by atoms with E-state index in [9.17, 15) is 14.7 Å². The second kappa shape index (κ2) is 6.30. The van der Waals surface area contributed by atoms with E-state index in [0.717, 1.165) is 0 Å². The van der Waals surface area contributed by atoms with Gasteiger partial charge in [0.1, 0.15) is 12.2 Å². The summed E-state index contributed by atoms with van der Waals surface area (Å²) >= 11 is 0. The summed E-state index contributed by atoms with van der Waals surface area (Å²) in [5, 5.41) is 10.1. The first-order valence-electron chi connectivity index (χ1n) is 7.25. The molecule has 1 saturated heterocycles. The molecule has 0 aromatic carbocycles. The van der Waals surface area contributed by atoms with Crippen LogP contribution in [0.3, 0.4) is 0 Å². The molecule has 1 atom stereocenters. The van der Waals surface area contributed by atoms with E-state index in [1.54, 1.807) is 34.8 Å². The Morgan fingerprint density at radius 1 is 1.43 bits per heavy atom. The van der Waals surface area contributed by atoms with Gasteiger partial charge in [-0.1, -0.05) is 13.8 Å². The zero-order valence-corrected chi connectivity index (χ0v) is 12.8. The second-order valence-corrected chi connectivity index (χ2v) is 6.04. The van der Waals surface area contributed by atoms with Crippen LogP contribution in [0.1, 0.15) is 24.3 Å². The molecule has 0 radical (unpaired) electrons. The summed E-state index contributed by atoms with van der Waals surface area (Å²) in [5.74, 6) is 0.000353. The molecule has 1 aliphatic heterocycles. The zero-order valence-electron chi connectivity index (χ0n) is 12.8. The number of aromatic nitrogens is 1. The van der Waals surface area contributed by atoms with E-state index in [4.69, 9.17) is 0 Å². The topological polar surface area (TPSA) is 65.8 Å². The molecule has 1 fully saturated rings. The van der Waals surface area contributed by atoms with Crippen LogP contribution in [0, 0.1) is 5.92 Å². The highest BCUT2D eigenvalue weighted by molar-refractivity contribution is 5.95. The monoisotopic (exact) mass is 293 g/mol. The Morgan fingerprint density at radius 3 is 2.71 bits per heavy atom. The van der Waals surface area contributed by atoms with Crippen molar-refractivity contribution in [2.45, 2.75) is 20.0 Å². The van der Waals surface area contributed by atoms with E-state index in [1.807, 2.05) is 13.8 Å². The van der Waals surface area contributed by atoms with Gasteiger partial charge in [0.2, 0.25) is 5.91 Å². The highest BCUT2D eigenvalue weighted by atomic mass is 16.3. The third kappa shape index (κ3) is 3.64. The van der Waals surface area contributed by atoms with Crippen LogP contribution in [-0.4, -0.2) is 63.6 Å². The lowest BCUT2D eigenvalue weighted by molar-refractivity contribution is -0.131. The standard InChI is InChI=1S/C15H23N3O3/c1-11(2)7-17-8-12(19)9-18(10-14(17)20)15(21)13-5-4-6-16(13)3/h4-6,11-12,19H,7-10H2,1-3H3. The molecule has 0 bridgehead atoms. The van der Waals surface area contributed by atoms with E-state index < -0.39 is 6.10 Å². The van der Waals surface area contributed by atoms with Crippen LogP contribution in [0.15, 0.2) is 18.3 Å². The first-order valence-corrected chi connectivity index (χ1v) is 7.25. The Bertz CT molecular complexity index is 524. The van der Waals surface area contributed by atoms with Gasteiger partial charge in [0.05, 0.1) is 6.10 Å². The SMILES string of the molecule is CC(C)CN1CC(O)CN(C(=O)c2cccn2C)CC1=O. The number of hydrogen-bond acceptors (Lipinski definition) is 3. The maximum atomic E-state index is 12.5. The van der Waals surface area contributed by atoms with Gasteiger partial charge in [-0.2, -0.15) is 0 Å². The van der Waals surface area contributed by atoms with Crippen LogP contribution in [0.25, 0.3) is 0 Å². The molecule has 1 N–H and O–H groups in total. The van der Waals surface area contributed by atoms with Crippen molar-refractivity contribution >= 4 is 11.8 Å². The molecule has 6 nitrogen and oxygen atoms in total. The molecule has 2 amide bonds. The zero-order chi connectivity index (χ0) is 15.6. The van der Waals surface area contributed by atoms with Gasteiger partial charge >= 0.3 is 0 Å². The minimum Gasteiger partial charge on any atom is -0.389 e. The fourth-order valence-electron chi connectivity index (χ4n) is 2.61. The Morgan fingerprint density at radius 2 is 2.14 bits per heavy atom. The van der Waals surface area contributed by atoms with Crippen LogP contribution in [0.5, 0.6) is 0 Å². The largest absolute Gasteiger partial charge is 0.389 e. The maximum absolute atomic E-state index is 12.5. The number of aryl methyl sites for hydroxylation is 1. The van der Waals surface area contributed by atoms with Crippen molar-refractivity contribution in [3.8, 4) is 0 Å². The van der Waals surface area contributed by atoms with Gasteiger partial charge in [0, 0.05) is 32.9 Å². The molecule has 1 aromatic heterocycles. The molecular weight excluding hydrogens is 270 g/mol. The quantitative estimate of drug-likeness (QED) is 0.873. The van der Waals surface area contributed by atoms with Gasteiger partial charge in [0.25, 0.3) is 5.91 Å². The molecular formula is C15H23N3O3. The third-order valence-corrected chi connectivity index (χ3v) is 3.58. The molecule has 0 aliphatic carbocycles. The van der Waals surface area contributed by atoms with Crippen molar-refractivity contribution < 1.29 is 14.7 Å². The molecule has 2 heterocycles. The predicted octanol–water partition coefficient (Wildman–Crippen LogP) is 0.326. The fourth-order valence-corrected chi connectivity index (χ4v) is 2.61. The number of carbonyl (C=O) groups excluding carboxylic acids is 2. The van der Waals surface area contributed by atoms with Crippen molar-refractivity contribution in [1.29, 1.82) is 0 Å². The minimum atomic E-state index is -0.709. The molecule has 0 saturated carbocycles. The lowest BCUT2D eigenvalue weighted by atomic mass is 10.2. The van der Waals surface area contributed by atoms with Gasteiger partial charge in [-0.15, -0.1) is 0 Å². The van der Waals surface area contributed by atoms with Gasteiger partial charge in [-0.05, 0) is 18.1 Å². The average Bonchev–Trinajstić information content (AvgIpc) is 2.76. The smallest absolute Gasteiger partial charge is 0.271 e. The van der Waals surface area contributed by atoms with Crippen LogP contribution < -0.4 is 0 Å². The predicted molar refractivity (Wildman–Crippen MR) is 78.7 cm³/mol. The summed E-state index contributed by atoms with van der Waals surface area (Å²) in [6.45, 7) is 5.14. The summed E-state index contributed by atoms with van der Waals surface area (Å²) in [6, 6.07) is 3.50. The second-order valence-electron chi connectivity index (χ2n) is 6.04. The number of hydrogen-bond donors (Lipinski definition) is 1. The van der Waals surface area contributed by atoms with E-state index in [1.165, 1.54) is 4.90 Å². The Balaban J connectivity index is 2.14. The molecule has 21 heavy (non-hydrogen) atoms. The van der Waals surface area contributed by atoms with E-state index >= 15 is 0 Å². The number of rotatable bonds is 3. The molecule has 1 aliphatic rings. The summed E-state index contributed by atoms with van der Waals surface area (Å²) in [5.41, 5.74) is 0.521. The Hall–Kier alpha value is -1.82. The number of amides is 2. The van der Waals surface area contributed by atoms with Crippen LogP contribution in [-0.2, 0) is 11.8 Å². The maximum Gasteiger partial charge on any atom is 0.271 e. The first kappa shape index (κ1) is 15.6. The number of carbonyl (C=O) groups is 2. The summed E-state index contributed by atoms with van der Waals surface area (Å²) in [6.07, 6.45) is 1.08. The summed E-state index contributed by atoms with van der Waals surface area (Å²) < 4.78 is 1.72. The van der Waals surface area contributed by atoms with Crippen LogP contribution >= 0.6 is 0 Å². The van der Waals surface area contributed by atoms with Crippen molar-refractivity contribution in [2.75, 3.05) is 26.2 Å². The van der Waals surface area contributed by atoms with E-state index in [2.05, 4.69) is 0 Å². The lowest BCUT2D eigenvalue weighted by Crippen LogP contribution is -2.41. The molecule has 2 rings (SSSR count). The first-order chi connectivity index (χ1) is 9.88. The van der Waals surface area contributed by atoms with Crippen molar-refractivity contribution in [3.63, 3.8) is 0 Å². The molecule has 0 spiro atoms. The van der Waals surface area contributed by atoms with Crippen molar-refractivity contribution in [2.24, 2.45) is 13.0 Å². The van der Waals surface area contributed by atoms with Crippen LogP contribution in [0.4, 0.5) is 0 Å². The number of aliphatic hydroxyl groups excluding tert-OH is 1. The van der Waals surface area contributed by atoms with E-state index in [-0.39, 0.29) is 31.4 Å². The minimum absolute atomic E-state index is 0.0216. The molecule has 116 valence electrons. The normalized spacial score (nSPS) is 20.0. The number of β-amino-alcohol motifs (C(OH)–C–C–N with tert-alkyl or cyclic N) is 1. The van der Waals surface area contributed by atoms with Gasteiger partial charge in [-0.3, -0.25) is 9.59 Å². The lowest BCUT2D eigenvalue weighted by Gasteiger charge is -2.23. The van der Waals surface area contributed by atoms with Crippen molar-refractivity contribution in [3.05, 3.63) is 24.0 Å². The number of nitrogens with zero attached hydrogens (tertiary/aromatic N) is 3. The Kier molecular flexibility index (Phi) is 4.67. The van der Waals surface area contributed by atoms with Gasteiger partial charge in [0.15, 0.2) is 0 Å². The highest BCUT2D eigenvalue weighted by Gasteiger charge is 2.30. The van der Waals surface area contributed by atoms with E-state index in [0.29, 0.717) is 18.2 Å². The summed E-state index contributed by atoms with van der Waals surface area (Å²) in [7, 11) is 1.79. The molecule has 6 heteroatoms. The van der Waals surface area contributed by atoms with Crippen molar-refractivity contribution in [1.82, 2.24) is 14.4 Å². The van der Waals surface area contributed by atoms with Crippen LogP contribution in [0.2, 0.25) is 0 Å². The Labute approximate surface area is 124 Å².